The summed E-state index contributed by atoms with van der Waals surface area (Å²) >= 11 is 3.36. The first-order valence-electron chi connectivity index (χ1n) is 6.45. The van der Waals surface area contributed by atoms with Gasteiger partial charge >= 0.3 is 0 Å². The second kappa shape index (κ2) is 5.83. The molecule has 2 N–H and O–H groups in total. The van der Waals surface area contributed by atoms with Crippen molar-refractivity contribution in [3.05, 3.63) is 34.1 Å². The largest absolute Gasteiger partial charge is 0.327 e. The number of benzene rings is 1. The number of rotatable bonds is 3. The molecule has 0 aromatic heterocycles. The van der Waals surface area contributed by atoms with Crippen LogP contribution in [0.15, 0.2) is 22.7 Å². The predicted molar refractivity (Wildman–Crippen MR) is 72.7 cm³/mol. The van der Waals surface area contributed by atoms with Gasteiger partial charge in [0, 0.05) is 23.4 Å². The summed E-state index contributed by atoms with van der Waals surface area (Å²) in [5.74, 6) is -2.74. The molecule has 1 aromatic rings. The van der Waals surface area contributed by atoms with Crippen LogP contribution in [0.2, 0.25) is 0 Å². The average Bonchev–Trinajstić information content (AvgIpc) is 2.33. The second-order valence-electron chi connectivity index (χ2n) is 5.30. The number of alkyl halides is 2. The highest BCUT2D eigenvalue weighted by atomic mass is 79.9. The third-order valence-corrected chi connectivity index (χ3v) is 4.60. The predicted octanol–water partition coefficient (Wildman–Crippen LogP) is 4.28. The van der Waals surface area contributed by atoms with Crippen molar-refractivity contribution in [2.75, 3.05) is 0 Å². The van der Waals surface area contributed by atoms with Crippen LogP contribution in [0.4, 0.5) is 13.2 Å². The monoisotopic (exact) mass is 335 g/mol. The molecule has 1 aliphatic carbocycles. The van der Waals surface area contributed by atoms with Crippen molar-refractivity contribution in [2.24, 2.45) is 11.7 Å². The van der Waals surface area contributed by atoms with Crippen molar-refractivity contribution < 1.29 is 13.2 Å². The molecular formula is C14H17BrF3N. The van der Waals surface area contributed by atoms with E-state index in [1.54, 1.807) is 6.07 Å². The first-order valence-corrected chi connectivity index (χ1v) is 7.24. The molecule has 0 amide bonds. The molecule has 106 valence electrons. The number of hydrogen-bond acceptors (Lipinski definition) is 1. The summed E-state index contributed by atoms with van der Waals surface area (Å²) in [7, 11) is 0. The molecule has 0 radical (unpaired) electrons. The van der Waals surface area contributed by atoms with Gasteiger partial charge in [0.1, 0.15) is 5.82 Å². The van der Waals surface area contributed by atoms with Crippen molar-refractivity contribution in [1.82, 2.24) is 0 Å². The smallest absolute Gasteiger partial charge is 0.248 e. The third kappa shape index (κ3) is 3.96. The van der Waals surface area contributed by atoms with E-state index >= 15 is 0 Å². The highest BCUT2D eigenvalue weighted by molar-refractivity contribution is 9.10. The Kier molecular flexibility index (Phi) is 4.56. The summed E-state index contributed by atoms with van der Waals surface area (Å²) in [6, 6.07) is 4.27. The van der Waals surface area contributed by atoms with Gasteiger partial charge in [-0.15, -0.1) is 0 Å². The van der Waals surface area contributed by atoms with E-state index in [9.17, 15) is 13.2 Å². The Morgan fingerprint density at radius 1 is 1.32 bits per heavy atom. The molecule has 0 bridgehead atoms. The summed E-state index contributed by atoms with van der Waals surface area (Å²) in [5.41, 5.74) is 6.90. The van der Waals surface area contributed by atoms with Gasteiger partial charge in [-0.1, -0.05) is 15.9 Å². The standard InChI is InChI=1S/C14H17BrF3N/c15-12-2-1-11(16)7-10(12)8-13(19)9-3-5-14(17,18)6-4-9/h1-2,7,9,13H,3-6,8,19H2. The lowest BCUT2D eigenvalue weighted by Gasteiger charge is -2.32. The zero-order chi connectivity index (χ0) is 14.0. The van der Waals surface area contributed by atoms with E-state index in [0.717, 1.165) is 10.0 Å². The fraction of sp³-hybridized carbons (Fsp3) is 0.571. The molecule has 0 heterocycles. The van der Waals surface area contributed by atoms with E-state index in [0.29, 0.717) is 19.3 Å². The summed E-state index contributed by atoms with van der Waals surface area (Å²) in [6.07, 6.45) is 1.22. The highest BCUT2D eigenvalue weighted by Gasteiger charge is 2.36. The van der Waals surface area contributed by atoms with E-state index in [-0.39, 0.29) is 30.6 Å². The minimum absolute atomic E-state index is 0.0876. The van der Waals surface area contributed by atoms with Crippen LogP contribution in [-0.2, 0) is 6.42 Å². The van der Waals surface area contributed by atoms with Crippen LogP contribution in [0, 0.1) is 11.7 Å². The van der Waals surface area contributed by atoms with Gasteiger partial charge in [-0.25, -0.2) is 13.2 Å². The molecular weight excluding hydrogens is 319 g/mol. The van der Waals surface area contributed by atoms with Crippen LogP contribution >= 0.6 is 15.9 Å². The maximum atomic E-state index is 13.2. The minimum atomic E-state index is -2.53. The molecule has 2 rings (SSSR count). The number of nitrogens with two attached hydrogens (primary N) is 1. The van der Waals surface area contributed by atoms with E-state index in [2.05, 4.69) is 15.9 Å². The molecule has 1 saturated carbocycles. The van der Waals surface area contributed by atoms with Gasteiger partial charge in [0.2, 0.25) is 5.92 Å². The van der Waals surface area contributed by atoms with Gasteiger partial charge < -0.3 is 5.73 Å². The van der Waals surface area contributed by atoms with Gasteiger partial charge in [-0.3, -0.25) is 0 Å². The van der Waals surface area contributed by atoms with Crippen LogP contribution in [0.1, 0.15) is 31.2 Å². The lowest BCUT2D eigenvalue weighted by molar-refractivity contribution is -0.0481. The molecule has 0 aliphatic heterocycles. The minimum Gasteiger partial charge on any atom is -0.327 e. The van der Waals surface area contributed by atoms with Crippen molar-refractivity contribution in [3.8, 4) is 0 Å². The molecule has 1 fully saturated rings. The van der Waals surface area contributed by atoms with Gasteiger partial charge in [0.15, 0.2) is 0 Å². The highest BCUT2D eigenvalue weighted by Crippen LogP contribution is 2.37. The Bertz CT molecular complexity index is 440. The van der Waals surface area contributed by atoms with E-state index in [4.69, 9.17) is 5.73 Å². The molecule has 5 heteroatoms. The van der Waals surface area contributed by atoms with Gasteiger partial charge in [-0.2, -0.15) is 0 Å². The second-order valence-corrected chi connectivity index (χ2v) is 6.15. The molecule has 0 spiro atoms. The first kappa shape index (κ1) is 14.9. The third-order valence-electron chi connectivity index (χ3n) is 3.83. The molecule has 1 aromatic carbocycles. The number of halogens is 4. The molecule has 1 unspecified atom stereocenters. The van der Waals surface area contributed by atoms with Gasteiger partial charge in [0.25, 0.3) is 0 Å². The average molecular weight is 336 g/mol. The quantitative estimate of drug-likeness (QED) is 0.876. The Balaban J connectivity index is 1.98. The van der Waals surface area contributed by atoms with E-state index < -0.39 is 5.92 Å². The number of hydrogen-bond donors (Lipinski definition) is 1. The zero-order valence-electron chi connectivity index (χ0n) is 10.5. The zero-order valence-corrected chi connectivity index (χ0v) is 12.1. The Morgan fingerprint density at radius 2 is 1.95 bits per heavy atom. The summed E-state index contributed by atoms with van der Waals surface area (Å²) < 4.78 is 40.2. The normalized spacial score (nSPS) is 21.3. The summed E-state index contributed by atoms with van der Waals surface area (Å²) in [5, 5.41) is 0. The first-order chi connectivity index (χ1) is 8.87. The fourth-order valence-electron chi connectivity index (χ4n) is 2.61. The molecule has 0 saturated heterocycles. The summed E-state index contributed by atoms with van der Waals surface area (Å²) in [4.78, 5) is 0. The van der Waals surface area contributed by atoms with E-state index in [1.165, 1.54) is 12.1 Å². The maximum Gasteiger partial charge on any atom is 0.248 e. The van der Waals surface area contributed by atoms with Crippen LogP contribution in [-0.4, -0.2) is 12.0 Å². The molecule has 1 nitrogen and oxygen atoms in total. The van der Waals surface area contributed by atoms with Crippen molar-refractivity contribution >= 4 is 15.9 Å². The SMILES string of the molecule is NC(Cc1cc(F)ccc1Br)C1CCC(F)(F)CC1. The van der Waals surface area contributed by atoms with Crippen molar-refractivity contribution in [1.29, 1.82) is 0 Å². The topological polar surface area (TPSA) is 26.0 Å². The molecule has 1 aliphatic rings. The molecule has 1 atom stereocenters. The summed E-state index contributed by atoms with van der Waals surface area (Å²) in [6.45, 7) is 0. The van der Waals surface area contributed by atoms with Gasteiger partial charge in [-0.05, 0) is 48.9 Å². The van der Waals surface area contributed by atoms with Gasteiger partial charge in [0.05, 0.1) is 0 Å². The van der Waals surface area contributed by atoms with E-state index in [1.807, 2.05) is 0 Å². The Labute approximate surface area is 119 Å². The van der Waals surface area contributed by atoms with Crippen LogP contribution in [0.5, 0.6) is 0 Å². The fourth-order valence-corrected chi connectivity index (χ4v) is 3.02. The lowest BCUT2D eigenvalue weighted by atomic mass is 9.80. The van der Waals surface area contributed by atoms with Crippen LogP contribution in [0.3, 0.4) is 0 Å². The Hall–Kier alpha value is -0.550. The van der Waals surface area contributed by atoms with Crippen molar-refractivity contribution in [3.63, 3.8) is 0 Å². The Morgan fingerprint density at radius 3 is 2.58 bits per heavy atom. The lowest BCUT2D eigenvalue weighted by Crippen LogP contribution is -2.37. The van der Waals surface area contributed by atoms with Crippen molar-refractivity contribution in [2.45, 2.75) is 44.1 Å². The molecule has 19 heavy (non-hydrogen) atoms. The van der Waals surface area contributed by atoms with Crippen LogP contribution in [0.25, 0.3) is 0 Å². The maximum absolute atomic E-state index is 13.2. The van der Waals surface area contributed by atoms with Crippen LogP contribution < -0.4 is 5.73 Å².